The summed E-state index contributed by atoms with van der Waals surface area (Å²) < 4.78 is 9.90. The van der Waals surface area contributed by atoms with Gasteiger partial charge in [0.1, 0.15) is 6.61 Å². The second-order valence-corrected chi connectivity index (χ2v) is 5.10. The molecule has 0 saturated heterocycles. The molecular formula is C11H17NO3S. The molecule has 0 saturated carbocycles. The van der Waals surface area contributed by atoms with Crippen LogP contribution in [0.4, 0.5) is 4.79 Å². The zero-order chi connectivity index (χ0) is 12.0. The number of aromatic nitrogens is 1. The highest BCUT2D eigenvalue weighted by Gasteiger charge is 2.20. The number of carbonyl (C=O) groups excluding carboxylic acids is 1. The Morgan fingerprint density at radius 2 is 2.31 bits per heavy atom. The van der Waals surface area contributed by atoms with E-state index >= 15 is 0 Å². The summed E-state index contributed by atoms with van der Waals surface area (Å²) in [5.41, 5.74) is 1.60. The van der Waals surface area contributed by atoms with Crippen LogP contribution in [0.1, 0.15) is 33.6 Å². The van der Waals surface area contributed by atoms with E-state index in [2.05, 4.69) is 25.8 Å². The molecule has 0 N–H and O–H groups in total. The molecule has 90 valence electrons. The minimum atomic E-state index is -0.685. The maximum atomic E-state index is 11.3. The minimum absolute atomic E-state index is 0.00412. The molecule has 16 heavy (non-hydrogen) atoms. The number of hydrogen-bond donors (Lipinski definition) is 0. The van der Waals surface area contributed by atoms with E-state index < -0.39 is 6.16 Å². The number of thiazole rings is 1. The maximum absolute atomic E-state index is 11.3. The van der Waals surface area contributed by atoms with E-state index in [0.29, 0.717) is 12.5 Å². The predicted octanol–water partition coefficient (Wildman–Crippen LogP) is 3.48. The van der Waals surface area contributed by atoms with E-state index in [-0.39, 0.29) is 5.41 Å². The third-order valence-electron chi connectivity index (χ3n) is 2.11. The molecule has 0 radical (unpaired) electrons. The van der Waals surface area contributed by atoms with Crippen molar-refractivity contribution in [3.05, 3.63) is 10.9 Å². The largest absolute Gasteiger partial charge is 0.515 e. The van der Waals surface area contributed by atoms with Crippen LogP contribution in [0.5, 0.6) is 5.88 Å². The summed E-state index contributed by atoms with van der Waals surface area (Å²) in [6, 6.07) is 0. The van der Waals surface area contributed by atoms with Gasteiger partial charge < -0.3 is 9.47 Å². The number of ether oxygens (including phenoxy) is 2. The van der Waals surface area contributed by atoms with Gasteiger partial charge in [0.2, 0.25) is 5.88 Å². The van der Waals surface area contributed by atoms with Crippen molar-refractivity contribution in [2.45, 2.75) is 33.6 Å². The lowest BCUT2D eigenvalue weighted by Gasteiger charge is -2.22. The SMILES string of the molecule is CCCC(C)(C)COC(=O)Oc1cscn1. The van der Waals surface area contributed by atoms with Crippen LogP contribution in [0, 0.1) is 5.41 Å². The van der Waals surface area contributed by atoms with Crippen molar-refractivity contribution < 1.29 is 14.3 Å². The standard InChI is InChI=1S/C11H17NO3S/c1-4-5-11(2,3)7-14-10(13)15-9-6-16-8-12-9/h6,8H,4-5,7H2,1-3H3. The van der Waals surface area contributed by atoms with E-state index in [1.165, 1.54) is 11.3 Å². The van der Waals surface area contributed by atoms with Gasteiger partial charge in [-0.2, -0.15) is 0 Å². The van der Waals surface area contributed by atoms with Gasteiger partial charge in [-0.25, -0.2) is 9.78 Å². The van der Waals surface area contributed by atoms with Gasteiger partial charge in [-0.05, 0) is 11.8 Å². The van der Waals surface area contributed by atoms with Gasteiger partial charge in [0.05, 0.1) is 10.9 Å². The molecule has 0 fully saturated rings. The summed E-state index contributed by atoms with van der Waals surface area (Å²) in [4.78, 5) is 15.1. The number of nitrogens with zero attached hydrogens (tertiary/aromatic N) is 1. The normalized spacial score (nSPS) is 11.2. The molecule has 0 aliphatic heterocycles. The Morgan fingerprint density at radius 1 is 1.56 bits per heavy atom. The Hall–Kier alpha value is -1.10. The monoisotopic (exact) mass is 243 g/mol. The van der Waals surface area contributed by atoms with Crippen LogP contribution >= 0.6 is 11.3 Å². The quantitative estimate of drug-likeness (QED) is 0.743. The Morgan fingerprint density at radius 3 is 2.88 bits per heavy atom. The summed E-state index contributed by atoms with van der Waals surface area (Å²) in [6.45, 7) is 6.60. The topological polar surface area (TPSA) is 48.4 Å². The van der Waals surface area contributed by atoms with Gasteiger partial charge >= 0.3 is 6.16 Å². The first kappa shape index (κ1) is 13.0. The Balaban J connectivity index is 2.30. The summed E-state index contributed by atoms with van der Waals surface area (Å²) >= 11 is 1.37. The molecule has 4 nitrogen and oxygen atoms in total. The predicted molar refractivity (Wildman–Crippen MR) is 62.8 cm³/mol. The van der Waals surface area contributed by atoms with Gasteiger partial charge in [-0.15, -0.1) is 11.3 Å². The smallest absolute Gasteiger partial charge is 0.433 e. The molecule has 5 heteroatoms. The average molecular weight is 243 g/mol. The van der Waals surface area contributed by atoms with Gasteiger partial charge in [0, 0.05) is 0 Å². The van der Waals surface area contributed by atoms with Crippen LogP contribution in [0.3, 0.4) is 0 Å². The van der Waals surface area contributed by atoms with Crippen molar-refractivity contribution >= 4 is 17.5 Å². The van der Waals surface area contributed by atoms with Crippen LogP contribution in [-0.4, -0.2) is 17.7 Å². The van der Waals surface area contributed by atoms with Crippen LogP contribution < -0.4 is 4.74 Å². The molecule has 0 amide bonds. The molecule has 1 heterocycles. The zero-order valence-corrected chi connectivity index (χ0v) is 10.7. The maximum Gasteiger partial charge on any atom is 0.515 e. The summed E-state index contributed by atoms with van der Waals surface area (Å²) in [5.74, 6) is 0.295. The van der Waals surface area contributed by atoms with E-state index in [1.54, 1.807) is 10.9 Å². The van der Waals surface area contributed by atoms with Gasteiger partial charge in [-0.1, -0.05) is 27.2 Å². The van der Waals surface area contributed by atoms with Gasteiger partial charge in [0.15, 0.2) is 0 Å². The average Bonchev–Trinajstić information content (AvgIpc) is 2.68. The van der Waals surface area contributed by atoms with E-state index in [0.717, 1.165) is 12.8 Å². The third-order valence-corrected chi connectivity index (χ3v) is 2.67. The van der Waals surface area contributed by atoms with Crippen molar-refractivity contribution in [3.63, 3.8) is 0 Å². The van der Waals surface area contributed by atoms with Crippen molar-refractivity contribution in [2.24, 2.45) is 5.41 Å². The fourth-order valence-electron chi connectivity index (χ4n) is 1.37. The molecule has 1 aromatic rings. The van der Waals surface area contributed by atoms with Gasteiger partial charge in [-0.3, -0.25) is 0 Å². The van der Waals surface area contributed by atoms with E-state index in [4.69, 9.17) is 9.47 Å². The lowest BCUT2D eigenvalue weighted by atomic mass is 9.89. The molecule has 0 atom stereocenters. The summed E-state index contributed by atoms with van der Waals surface area (Å²) in [5, 5.41) is 1.65. The number of carbonyl (C=O) groups is 1. The van der Waals surface area contributed by atoms with Crippen molar-refractivity contribution in [1.82, 2.24) is 4.98 Å². The molecular weight excluding hydrogens is 226 g/mol. The van der Waals surface area contributed by atoms with Gasteiger partial charge in [0.25, 0.3) is 0 Å². The Bertz CT molecular complexity index is 322. The summed E-state index contributed by atoms with van der Waals surface area (Å²) in [6.07, 6.45) is 1.39. The van der Waals surface area contributed by atoms with Crippen molar-refractivity contribution in [1.29, 1.82) is 0 Å². The highest BCUT2D eigenvalue weighted by Crippen LogP contribution is 2.22. The highest BCUT2D eigenvalue weighted by molar-refractivity contribution is 7.07. The second-order valence-electron chi connectivity index (χ2n) is 4.38. The fourth-order valence-corrected chi connectivity index (χ4v) is 1.82. The molecule has 0 aliphatic carbocycles. The lowest BCUT2D eigenvalue weighted by molar-refractivity contribution is 0.0590. The Labute approximate surface area is 99.6 Å². The van der Waals surface area contributed by atoms with E-state index in [1.807, 2.05) is 0 Å². The molecule has 0 unspecified atom stereocenters. The van der Waals surface area contributed by atoms with Crippen molar-refractivity contribution in [2.75, 3.05) is 6.61 Å². The lowest BCUT2D eigenvalue weighted by Crippen LogP contribution is -2.23. The van der Waals surface area contributed by atoms with Crippen LogP contribution in [0.2, 0.25) is 0 Å². The molecule has 1 rings (SSSR count). The molecule has 0 spiro atoms. The molecule has 0 aromatic carbocycles. The fraction of sp³-hybridized carbons (Fsp3) is 0.636. The first-order chi connectivity index (χ1) is 7.53. The highest BCUT2D eigenvalue weighted by atomic mass is 32.1. The first-order valence-corrected chi connectivity index (χ1v) is 6.20. The third kappa shape index (κ3) is 4.61. The zero-order valence-electron chi connectivity index (χ0n) is 9.86. The van der Waals surface area contributed by atoms with Crippen LogP contribution in [-0.2, 0) is 4.74 Å². The minimum Gasteiger partial charge on any atom is -0.433 e. The van der Waals surface area contributed by atoms with Crippen LogP contribution in [0.25, 0.3) is 0 Å². The Kier molecular flexibility index (Phi) is 4.73. The van der Waals surface area contributed by atoms with Crippen LogP contribution in [0.15, 0.2) is 10.9 Å². The number of rotatable bonds is 5. The summed E-state index contributed by atoms with van der Waals surface area (Å²) in [7, 11) is 0. The number of hydrogen-bond acceptors (Lipinski definition) is 5. The second kappa shape index (κ2) is 5.84. The molecule has 1 aromatic heterocycles. The first-order valence-electron chi connectivity index (χ1n) is 5.26. The van der Waals surface area contributed by atoms with Crippen molar-refractivity contribution in [3.8, 4) is 5.88 Å². The molecule has 0 bridgehead atoms. The van der Waals surface area contributed by atoms with E-state index in [9.17, 15) is 4.79 Å². The molecule has 0 aliphatic rings.